The van der Waals surface area contributed by atoms with Crippen LogP contribution in [-0.4, -0.2) is 30.1 Å². The molecule has 2 nitrogen and oxygen atoms in total. The van der Waals surface area contributed by atoms with Crippen LogP contribution in [0.1, 0.15) is 46.0 Å². The molecule has 2 fully saturated rings. The second-order valence-corrected chi connectivity index (χ2v) is 5.78. The van der Waals surface area contributed by atoms with Crippen LogP contribution < -0.4 is 5.73 Å². The molecule has 1 heterocycles. The third kappa shape index (κ3) is 2.54. The van der Waals surface area contributed by atoms with Gasteiger partial charge in [0.15, 0.2) is 0 Å². The zero-order valence-electron chi connectivity index (χ0n) is 10.3. The predicted octanol–water partition coefficient (Wildman–Crippen LogP) is 2.23. The van der Waals surface area contributed by atoms with Gasteiger partial charge in [0.2, 0.25) is 0 Å². The van der Waals surface area contributed by atoms with E-state index in [0.717, 1.165) is 11.8 Å². The summed E-state index contributed by atoms with van der Waals surface area (Å²) in [6.45, 7) is 7.32. The maximum absolute atomic E-state index is 6.31. The van der Waals surface area contributed by atoms with Crippen molar-refractivity contribution in [3.8, 4) is 0 Å². The summed E-state index contributed by atoms with van der Waals surface area (Å²) in [4.78, 5) is 2.67. The van der Waals surface area contributed by atoms with E-state index in [1.165, 1.54) is 45.2 Å². The Morgan fingerprint density at radius 1 is 0.933 bits per heavy atom. The first-order valence-electron chi connectivity index (χ1n) is 6.68. The predicted molar refractivity (Wildman–Crippen MR) is 64.7 cm³/mol. The van der Waals surface area contributed by atoms with Crippen LogP contribution in [0.2, 0.25) is 0 Å². The molecule has 0 bridgehead atoms. The molecular formula is C13H26N2. The van der Waals surface area contributed by atoms with Gasteiger partial charge in [0.05, 0.1) is 0 Å². The number of nitrogens with two attached hydrogens (primary N) is 1. The van der Waals surface area contributed by atoms with E-state index in [1.54, 1.807) is 0 Å². The molecule has 1 saturated heterocycles. The molecule has 0 spiro atoms. The standard InChI is InChI=1S/C13H26N2/c1-10-8-15(9-11(10)2)13-7-5-3-4-6-12(13)14/h10-13H,3-9,14H2,1-2H3. The molecule has 2 N–H and O–H groups in total. The Kier molecular flexibility index (Phi) is 3.68. The summed E-state index contributed by atoms with van der Waals surface area (Å²) < 4.78 is 0. The van der Waals surface area contributed by atoms with Crippen LogP contribution in [0.15, 0.2) is 0 Å². The second-order valence-electron chi connectivity index (χ2n) is 5.78. The van der Waals surface area contributed by atoms with Gasteiger partial charge in [-0.1, -0.05) is 33.1 Å². The first-order valence-corrected chi connectivity index (χ1v) is 6.68. The lowest BCUT2D eigenvalue weighted by Crippen LogP contribution is -2.46. The summed E-state index contributed by atoms with van der Waals surface area (Å²) >= 11 is 0. The highest BCUT2D eigenvalue weighted by Gasteiger charge is 2.33. The third-order valence-electron chi connectivity index (χ3n) is 4.52. The third-order valence-corrected chi connectivity index (χ3v) is 4.52. The summed E-state index contributed by atoms with van der Waals surface area (Å²) in [7, 11) is 0. The fraction of sp³-hybridized carbons (Fsp3) is 1.00. The average Bonchev–Trinajstić information content (AvgIpc) is 2.41. The van der Waals surface area contributed by atoms with Crippen LogP contribution in [0, 0.1) is 11.8 Å². The summed E-state index contributed by atoms with van der Waals surface area (Å²) in [5.41, 5.74) is 6.31. The highest BCUT2D eigenvalue weighted by molar-refractivity contribution is 4.90. The Hall–Kier alpha value is -0.0800. The highest BCUT2D eigenvalue weighted by Crippen LogP contribution is 2.29. The monoisotopic (exact) mass is 210 g/mol. The average molecular weight is 210 g/mol. The van der Waals surface area contributed by atoms with Gasteiger partial charge in [0, 0.05) is 25.2 Å². The van der Waals surface area contributed by atoms with Gasteiger partial charge < -0.3 is 5.73 Å². The van der Waals surface area contributed by atoms with Gasteiger partial charge in [-0.25, -0.2) is 0 Å². The number of hydrogen-bond acceptors (Lipinski definition) is 2. The molecule has 4 unspecified atom stereocenters. The number of rotatable bonds is 1. The Morgan fingerprint density at radius 2 is 1.53 bits per heavy atom. The SMILES string of the molecule is CC1CN(C2CCCCCC2N)CC1C. The molecule has 0 aromatic heterocycles. The first-order chi connectivity index (χ1) is 7.18. The van der Waals surface area contributed by atoms with Crippen molar-refractivity contribution >= 4 is 0 Å². The quantitative estimate of drug-likeness (QED) is 0.673. The van der Waals surface area contributed by atoms with Crippen molar-refractivity contribution in [2.75, 3.05) is 13.1 Å². The van der Waals surface area contributed by atoms with E-state index in [2.05, 4.69) is 18.7 Å². The Morgan fingerprint density at radius 3 is 2.20 bits per heavy atom. The van der Waals surface area contributed by atoms with E-state index in [1.807, 2.05) is 0 Å². The first kappa shape index (κ1) is 11.4. The van der Waals surface area contributed by atoms with Crippen LogP contribution in [0.4, 0.5) is 0 Å². The molecule has 2 aliphatic rings. The minimum absolute atomic E-state index is 0.435. The molecular weight excluding hydrogens is 184 g/mol. The number of hydrogen-bond donors (Lipinski definition) is 1. The maximum Gasteiger partial charge on any atom is 0.0247 e. The van der Waals surface area contributed by atoms with Gasteiger partial charge in [-0.15, -0.1) is 0 Å². The van der Waals surface area contributed by atoms with Gasteiger partial charge >= 0.3 is 0 Å². The fourth-order valence-corrected chi connectivity index (χ4v) is 3.22. The molecule has 1 aliphatic carbocycles. The van der Waals surface area contributed by atoms with Crippen molar-refractivity contribution in [1.82, 2.24) is 4.90 Å². The summed E-state index contributed by atoms with van der Waals surface area (Å²) in [6, 6.07) is 1.12. The van der Waals surface area contributed by atoms with Crippen LogP contribution in [0.25, 0.3) is 0 Å². The summed E-state index contributed by atoms with van der Waals surface area (Å²) in [5, 5.41) is 0. The lowest BCUT2D eigenvalue weighted by molar-refractivity contribution is 0.192. The highest BCUT2D eigenvalue weighted by atomic mass is 15.2. The maximum atomic E-state index is 6.31. The van der Waals surface area contributed by atoms with E-state index in [-0.39, 0.29) is 0 Å². The van der Waals surface area contributed by atoms with Crippen LogP contribution in [-0.2, 0) is 0 Å². The summed E-state index contributed by atoms with van der Waals surface area (Å²) in [5.74, 6) is 1.72. The van der Waals surface area contributed by atoms with Crippen molar-refractivity contribution in [3.63, 3.8) is 0 Å². The summed E-state index contributed by atoms with van der Waals surface area (Å²) in [6.07, 6.45) is 6.70. The van der Waals surface area contributed by atoms with E-state index >= 15 is 0 Å². The normalized spacial score (nSPS) is 44.2. The molecule has 2 rings (SSSR count). The molecule has 1 saturated carbocycles. The minimum atomic E-state index is 0.435. The largest absolute Gasteiger partial charge is 0.326 e. The van der Waals surface area contributed by atoms with Crippen molar-refractivity contribution in [2.24, 2.45) is 17.6 Å². The van der Waals surface area contributed by atoms with Crippen molar-refractivity contribution < 1.29 is 0 Å². The van der Waals surface area contributed by atoms with Crippen LogP contribution in [0.5, 0.6) is 0 Å². The molecule has 15 heavy (non-hydrogen) atoms. The van der Waals surface area contributed by atoms with E-state index in [0.29, 0.717) is 12.1 Å². The number of likely N-dealkylation sites (tertiary alicyclic amines) is 1. The van der Waals surface area contributed by atoms with Gasteiger partial charge in [-0.05, 0) is 24.7 Å². The Bertz CT molecular complexity index is 195. The lowest BCUT2D eigenvalue weighted by atomic mass is 10.0. The molecule has 0 aromatic carbocycles. The zero-order valence-corrected chi connectivity index (χ0v) is 10.3. The zero-order chi connectivity index (χ0) is 10.8. The van der Waals surface area contributed by atoms with Crippen molar-refractivity contribution in [2.45, 2.75) is 58.0 Å². The molecule has 0 radical (unpaired) electrons. The van der Waals surface area contributed by atoms with Gasteiger partial charge in [0.1, 0.15) is 0 Å². The molecule has 88 valence electrons. The van der Waals surface area contributed by atoms with Gasteiger partial charge in [-0.2, -0.15) is 0 Å². The lowest BCUT2D eigenvalue weighted by Gasteiger charge is -2.31. The van der Waals surface area contributed by atoms with Gasteiger partial charge in [0.25, 0.3) is 0 Å². The molecule has 1 aliphatic heterocycles. The fourth-order valence-electron chi connectivity index (χ4n) is 3.22. The molecule has 0 aromatic rings. The Balaban J connectivity index is 1.96. The van der Waals surface area contributed by atoms with E-state index < -0.39 is 0 Å². The second kappa shape index (κ2) is 4.84. The van der Waals surface area contributed by atoms with Crippen LogP contribution >= 0.6 is 0 Å². The smallest absolute Gasteiger partial charge is 0.0247 e. The van der Waals surface area contributed by atoms with Gasteiger partial charge in [-0.3, -0.25) is 4.90 Å². The van der Waals surface area contributed by atoms with Crippen molar-refractivity contribution in [1.29, 1.82) is 0 Å². The Labute approximate surface area is 94.2 Å². The number of nitrogens with zero attached hydrogens (tertiary/aromatic N) is 1. The molecule has 0 amide bonds. The molecule has 2 heteroatoms. The topological polar surface area (TPSA) is 29.3 Å². The molecule has 4 atom stereocenters. The van der Waals surface area contributed by atoms with Crippen LogP contribution in [0.3, 0.4) is 0 Å². The minimum Gasteiger partial charge on any atom is -0.326 e. The van der Waals surface area contributed by atoms with Crippen molar-refractivity contribution in [3.05, 3.63) is 0 Å². The van der Waals surface area contributed by atoms with E-state index in [9.17, 15) is 0 Å². The van der Waals surface area contributed by atoms with E-state index in [4.69, 9.17) is 5.73 Å².